The first-order valence-corrected chi connectivity index (χ1v) is 25.8. The number of carboxylic acids is 3. The van der Waals surface area contributed by atoms with Crippen LogP contribution in [0.25, 0.3) is 0 Å². The lowest BCUT2D eigenvalue weighted by molar-refractivity contribution is -0.143. The summed E-state index contributed by atoms with van der Waals surface area (Å²) >= 11 is -2.70. The number of nitrogens with zero attached hydrogens (tertiary/aromatic N) is 1. The zero-order chi connectivity index (χ0) is 53.9. The Bertz CT molecular complexity index is 1860. The highest BCUT2D eigenvalue weighted by atomic mass is 32.2. The predicted octanol–water partition coefficient (Wildman–Crippen LogP) is 0.765. The van der Waals surface area contributed by atoms with Crippen LogP contribution in [0.15, 0.2) is 0 Å². The fraction of sp³-hybridized carbons (Fsp3) is 0.787. The summed E-state index contributed by atoms with van der Waals surface area (Å²) in [6.45, 7) is 10.1. The lowest BCUT2D eigenvalue weighted by atomic mass is 9.76. The van der Waals surface area contributed by atoms with Crippen LogP contribution in [0.1, 0.15) is 130 Å². The van der Waals surface area contributed by atoms with Gasteiger partial charge < -0.3 is 60.7 Å². The van der Waals surface area contributed by atoms with Crippen molar-refractivity contribution in [2.24, 2.45) is 22.7 Å². The molecular formula is C47H77N6O18S-. The van der Waals surface area contributed by atoms with Crippen molar-refractivity contribution in [2.75, 3.05) is 65.8 Å². The molecule has 0 aromatic rings. The van der Waals surface area contributed by atoms with Crippen LogP contribution in [-0.2, 0) is 73.2 Å². The van der Waals surface area contributed by atoms with Crippen molar-refractivity contribution in [3.8, 4) is 0 Å². The highest BCUT2D eigenvalue weighted by molar-refractivity contribution is 7.80. The second-order valence-electron chi connectivity index (χ2n) is 19.9. The van der Waals surface area contributed by atoms with Crippen LogP contribution in [-0.4, -0.2) is 171 Å². The molecule has 2 aliphatic rings. The van der Waals surface area contributed by atoms with Crippen LogP contribution in [0.4, 0.5) is 0 Å². The average molecular weight is 1050 g/mol. The third-order valence-electron chi connectivity index (χ3n) is 12.4. The number of amides is 7. The van der Waals surface area contributed by atoms with Crippen molar-refractivity contribution in [1.29, 1.82) is 0 Å². The van der Waals surface area contributed by atoms with Crippen LogP contribution in [0.5, 0.6) is 0 Å². The molecule has 2 rings (SSSR count). The van der Waals surface area contributed by atoms with E-state index in [2.05, 4.69) is 26.6 Å². The van der Waals surface area contributed by atoms with Gasteiger partial charge in [-0.05, 0) is 92.0 Å². The van der Waals surface area contributed by atoms with E-state index in [9.17, 15) is 66.9 Å². The minimum Gasteiger partial charge on any atom is -0.772 e. The first-order valence-electron chi connectivity index (χ1n) is 24.6. The molecule has 4 atom stereocenters. The van der Waals surface area contributed by atoms with E-state index in [1.807, 2.05) is 27.7 Å². The number of rotatable bonds is 38. The zero-order valence-corrected chi connectivity index (χ0v) is 42.9. The summed E-state index contributed by atoms with van der Waals surface area (Å²) in [4.78, 5) is 123. The monoisotopic (exact) mass is 1050 g/mol. The second kappa shape index (κ2) is 32.9. The van der Waals surface area contributed by atoms with Crippen LogP contribution in [0.2, 0.25) is 0 Å². The van der Waals surface area contributed by atoms with Gasteiger partial charge in [0.2, 0.25) is 41.4 Å². The van der Waals surface area contributed by atoms with Gasteiger partial charge in [-0.1, -0.05) is 27.7 Å². The predicted molar refractivity (Wildman–Crippen MR) is 256 cm³/mol. The zero-order valence-electron chi connectivity index (χ0n) is 42.1. The van der Waals surface area contributed by atoms with E-state index in [-0.39, 0.29) is 114 Å². The number of carbonyl (C=O) groups excluding carboxylic acids is 7. The molecule has 8 N–H and O–H groups in total. The van der Waals surface area contributed by atoms with Crippen LogP contribution < -0.4 is 26.6 Å². The van der Waals surface area contributed by atoms with Gasteiger partial charge in [0.25, 0.3) is 0 Å². The molecule has 7 amide bonds. The molecule has 0 radical (unpaired) electrons. The Morgan fingerprint density at radius 3 is 1.78 bits per heavy atom. The molecule has 1 saturated carbocycles. The van der Waals surface area contributed by atoms with E-state index >= 15 is 0 Å². The summed E-state index contributed by atoms with van der Waals surface area (Å²) in [6, 6.07) is -2.59. The normalized spacial score (nSPS) is 18.4. The molecule has 0 aromatic heterocycles. The smallest absolute Gasteiger partial charge is 0.326 e. The molecule has 72 heavy (non-hydrogen) atoms. The fourth-order valence-electron chi connectivity index (χ4n) is 8.07. The highest BCUT2D eigenvalue weighted by Crippen LogP contribution is 2.35. The summed E-state index contributed by atoms with van der Waals surface area (Å²) in [6.07, 6.45) is 2.97. The number of likely N-dealkylation sites (tertiary alicyclic amines) is 1. The molecule has 1 aliphatic carbocycles. The third-order valence-corrected chi connectivity index (χ3v) is 13.3. The Labute approximate surface area is 423 Å². The van der Waals surface area contributed by atoms with Crippen molar-refractivity contribution in [2.45, 2.75) is 148 Å². The van der Waals surface area contributed by atoms with E-state index < -0.39 is 101 Å². The first-order chi connectivity index (χ1) is 33.9. The molecule has 0 spiro atoms. The van der Waals surface area contributed by atoms with Gasteiger partial charge in [0, 0.05) is 77.4 Å². The number of aliphatic carboxylic acids is 3. The maximum Gasteiger partial charge on any atom is 0.326 e. The van der Waals surface area contributed by atoms with Gasteiger partial charge in [-0.3, -0.25) is 52.3 Å². The van der Waals surface area contributed by atoms with Gasteiger partial charge in [0.1, 0.15) is 17.3 Å². The number of ether oxygens (including phenoxy) is 3. The first kappa shape index (κ1) is 63.0. The molecule has 1 aliphatic heterocycles. The number of nitrogens with one attached hydrogen (secondary N) is 5. The summed E-state index contributed by atoms with van der Waals surface area (Å²) < 4.78 is 38.5. The van der Waals surface area contributed by atoms with Gasteiger partial charge in [0.15, 0.2) is 0 Å². The topological polar surface area (TPSA) is 363 Å². The fourth-order valence-corrected chi connectivity index (χ4v) is 8.64. The molecule has 0 aromatic carbocycles. The summed E-state index contributed by atoms with van der Waals surface area (Å²) in [5.74, 6) is -7.43. The average Bonchev–Trinajstić information content (AvgIpc) is 3.59. The Balaban J connectivity index is 1.59. The molecule has 4 unspecified atom stereocenters. The Morgan fingerprint density at radius 2 is 1.24 bits per heavy atom. The Morgan fingerprint density at radius 1 is 0.681 bits per heavy atom. The number of hydrogen-bond acceptors (Lipinski definition) is 15. The highest BCUT2D eigenvalue weighted by Gasteiger charge is 2.39. The lowest BCUT2D eigenvalue weighted by Gasteiger charge is -2.31. The van der Waals surface area contributed by atoms with Gasteiger partial charge in [-0.2, -0.15) is 0 Å². The number of carbonyl (C=O) groups is 10. The van der Waals surface area contributed by atoms with Crippen LogP contribution in [0.3, 0.4) is 0 Å². The lowest BCUT2D eigenvalue weighted by Crippen LogP contribution is -2.48. The standard InChI is InChI=1S/C47H78N6O18S/c1-46(2,16-17-47(3,4)29-41(60)61)28-38(56)50-30-31-7-9-32(10-8-31)42(62)52-34(45(65)66)11-13-37(55)51-33(12-14-40(58)59)43(63)49-19-6-22-70-24-26-71-25-23-69-21-5-18-48-36(54)15-20-53-39(57)27-35(44(53)64)72(67)68/h31-35H,5-30H2,1-4H3,(H,48,54)(H,49,63)(H,50,56)(H,51,55)(H,52,62)(H,58,59)(H,60,61)(H,65,66)(H,67,68)/p-1. The summed E-state index contributed by atoms with van der Waals surface area (Å²) in [5.41, 5.74) is -0.708. The molecule has 0 bridgehead atoms. The van der Waals surface area contributed by atoms with E-state index in [4.69, 9.17) is 19.3 Å². The third kappa shape index (κ3) is 26.5. The van der Waals surface area contributed by atoms with Gasteiger partial charge in [0.05, 0.1) is 32.8 Å². The van der Waals surface area contributed by atoms with Crippen LogP contribution >= 0.6 is 0 Å². The SMILES string of the molecule is CC(C)(CCC(C)(C)CC(=O)NCC1CCC(C(=O)NC(CCC(=O)NC(CCC(=O)O)C(=O)NCCCOCCOCCOCCCNC(=O)CCN2C(=O)CC(S(=O)[O-])C2=O)C(=O)O)CC1)CC(=O)O. The molecule has 25 heteroatoms. The molecule has 1 saturated heterocycles. The molecule has 410 valence electrons. The van der Waals surface area contributed by atoms with E-state index in [1.165, 1.54) is 0 Å². The second-order valence-corrected chi connectivity index (χ2v) is 21.0. The van der Waals surface area contributed by atoms with Crippen molar-refractivity contribution in [1.82, 2.24) is 31.5 Å². The maximum absolute atomic E-state index is 13.1. The van der Waals surface area contributed by atoms with Crippen molar-refractivity contribution in [3.63, 3.8) is 0 Å². The molecule has 1 heterocycles. The van der Waals surface area contributed by atoms with Crippen molar-refractivity contribution in [3.05, 3.63) is 0 Å². The number of imide groups is 1. The summed E-state index contributed by atoms with van der Waals surface area (Å²) in [5, 5.41) is 40.1. The quantitative estimate of drug-likeness (QED) is 0.0240. The number of carboxylic acid groups (broad SMARTS) is 3. The Hall–Kier alpha value is -5.11. The van der Waals surface area contributed by atoms with Crippen molar-refractivity contribution >= 4 is 70.3 Å². The van der Waals surface area contributed by atoms with Crippen LogP contribution in [0, 0.1) is 22.7 Å². The molecule has 24 nitrogen and oxygen atoms in total. The largest absolute Gasteiger partial charge is 0.772 e. The van der Waals surface area contributed by atoms with E-state index in [1.54, 1.807) is 0 Å². The van der Waals surface area contributed by atoms with E-state index in [0.29, 0.717) is 64.5 Å². The molecular weight excluding hydrogens is 969 g/mol. The number of hydrogen-bond donors (Lipinski definition) is 8. The maximum atomic E-state index is 13.1. The Kier molecular flexibility index (Phi) is 28.8. The minimum absolute atomic E-state index is 0.0498. The summed E-state index contributed by atoms with van der Waals surface area (Å²) in [7, 11) is 0. The van der Waals surface area contributed by atoms with Crippen molar-refractivity contribution < 1.29 is 86.2 Å². The van der Waals surface area contributed by atoms with Gasteiger partial charge in [-0.25, -0.2) is 4.79 Å². The minimum atomic E-state index is -2.70. The van der Waals surface area contributed by atoms with E-state index in [0.717, 1.165) is 4.90 Å². The van der Waals surface area contributed by atoms with Gasteiger partial charge in [-0.15, -0.1) is 0 Å². The van der Waals surface area contributed by atoms with Gasteiger partial charge >= 0.3 is 17.9 Å². The molecule has 2 fully saturated rings.